The number of amides is 1. The van der Waals surface area contributed by atoms with Crippen LogP contribution in [0.25, 0.3) is 0 Å². The van der Waals surface area contributed by atoms with Gasteiger partial charge in [-0.25, -0.2) is 13.2 Å². The number of piperidine rings is 1. The zero-order chi connectivity index (χ0) is 25.8. The van der Waals surface area contributed by atoms with Gasteiger partial charge in [-0.15, -0.1) is 0 Å². The number of anilines is 1. The number of hydrogen-bond donors (Lipinski definition) is 6. The Morgan fingerprint density at radius 3 is 2.69 bits per heavy atom. The Hall–Kier alpha value is -2.25. The number of carbonyl (C=O) groups excluding carboxylic acids is 1. The SMILES string of the molecule is CC1CNc2c(cccc2S(=O)(=O)N[C@@H](CCCNC(N)N)C(=O)N2CC[C@@H](C)C[C@@H]2C(=O)O)C1. The number of aliphatic carboxylic acids is 1. The van der Waals surface area contributed by atoms with Crippen LogP contribution in [0.1, 0.15) is 45.1 Å². The lowest BCUT2D eigenvalue weighted by atomic mass is 9.91. The highest BCUT2D eigenvalue weighted by molar-refractivity contribution is 7.89. The van der Waals surface area contributed by atoms with Gasteiger partial charge in [0, 0.05) is 13.1 Å². The number of nitrogens with two attached hydrogens (primary N) is 2. The number of nitrogens with zero attached hydrogens (tertiary/aromatic N) is 1. The normalized spacial score (nSPS) is 23.5. The number of sulfonamides is 1. The third-order valence-corrected chi connectivity index (χ3v) is 8.19. The van der Waals surface area contributed by atoms with Gasteiger partial charge >= 0.3 is 5.97 Å². The van der Waals surface area contributed by atoms with E-state index in [0.717, 1.165) is 12.0 Å². The molecule has 0 aromatic heterocycles. The second-order valence-corrected chi connectivity index (χ2v) is 11.5. The Kier molecular flexibility index (Phi) is 9.11. The van der Waals surface area contributed by atoms with Gasteiger partial charge in [-0.05, 0) is 62.1 Å². The lowest BCUT2D eigenvalue weighted by molar-refractivity contribution is -0.153. The maximum atomic E-state index is 13.5. The maximum Gasteiger partial charge on any atom is 0.326 e. The molecule has 1 fully saturated rings. The summed E-state index contributed by atoms with van der Waals surface area (Å²) in [6.07, 6.45) is 1.59. The standard InChI is InChI=1S/C23H38N6O5S/c1-14-8-10-29(18(12-14)22(31)32)21(30)17(6-4-9-26-23(24)25)28-35(33,34)19-7-3-5-16-11-15(2)13-27-20(16)19/h3,5,7,14-15,17-18,23,26-28H,4,6,8-13,24-25H2,1-2H3,(H,31,32)/t14-,15?,17+,18-/m1/s1. The topological polar surface area (TPSA) is 180 Å². The van der Waals surface area contributed by atoms with Gasteiger partial charge in [0.15, 0.2) is 0 Å². The van der Waals surface area contributed by atoms with E-state index >= 15 is 0 Å². The predicted molar refractivity (Wildman–Crippen MR) is 133 cm³/mol. The number of nitrogens with one attached hydrogen (secondary N) is 3. The Morgan fingerprint density at radius 2 is 2.00 bits per heavy atom. The van der Waals surface area contributed by atoms with Crippen molar-refractivity contribution in [1.82, 2.24) is 14.9 Å². The molecule has 3 rings (SSSR count). The maximum absolute atomic E-state index is 13.5. The quantitative estimate of drug-likeness (QED) is 0.190. The molecule has 4 atom stereocenters. The number of hydrogen-bond acceptors (Lipinski definition) is 8. The number of carboxylic acid groups (broad SMARTS) is 1. The molecule has 1 aromatic carbocycles. The minimum atomic E-state index is -4.08. The molecule has 8 N–H and O–H groups in total. The highest BCUT2D eigenvalue weighted by Crippen LogP contribution is 2.31. The summed E-state index contributed by atoms with van der Waals surface area (Å²) in [7, 11) is -4.08. The van der Waals surface area contributed by atoms with Crippen molar-refractivity contribution in [2.24, 2.45) is 23.3 Å². The lowest BCUT2D eigenvalue weighted by Crippen LogP contribution is -2.56. The fourth-order valence-electron chi connectivity index (χ4n) is 4.79. The average Bonchev–Trinajstić information content (AvgIpc) is 2.79. The first-order valence-corrected chi connectivity index (χ1v) is 13.6. The van der Waals surface area contributed by atoms with E-state index in [-0.39, 0.29) is 23.8 Å². The molecule has 2 aliphatic rings. The third-order valence-electron chi connectivity index (χ3n) is 6.68. The van der Waals surface area contributed by atoms with Crippen molar-refractivity contribution in [1.29, 1.82) is 0 Å². The van der Waals surface area contributed by atoms with E-state index in [1.165, 1.54) is 11.0 Å². The smallest absolute Gasteiger partial charge is 0.326 e. The first-order valence-electron chi connectivity index (χ1n) is 12.2. The number of benzene rings is 1. The Balaban J connectivity index is 1.86. The molecule has 11 nitrogen and oxygen atoms in total. The molecule has 1 saturated heterocycles. The van der Waals surface area contributed by atoms with Crippen LogP contribution in [0.3, 0.4) is 0 Å². The molecule has 196 valence electrons. The van der Waals surface area contributed by atoms with Crippen LogP contribution in [-0.4, -0.2) is 68.3 Å². The van der Waals surface area contributed by atoms with E-state index in [2.05, 4.69) is 22.3 Å². The molecule has 0 radical (unpaired) electrons. The van der Waals surface area contributed by atoms with Crippen molar-refractivity contribution in [3.05, 3.63) is 23.8 Å². The Morgan fingerprint density at radius 1 is 1.26 bits per heavy atom. The summed E-state index contributed by atoms with van der Waals surface area (Å²) in [4.78, 5) is 26.8. The van der Waals surface area contributed by atoms with Gasteiger partial charge < -0.3 is 26.8 Å². The molecule has 12 heteroatoms. The van der Waals surface area contributed by atoms with Crippen LogP contribution in [0.5, 0.6) is 0 Å². The van der Waals surface area contributed by atoms with Crippen LogP contribution in [-0.2, 0) is 26.0 Å². The van der Waals surface area contributed by atoms with Crippen LogP contribution < -0.4 is 26.8 Å². The molecule has 1 aromatic rings. The molecule has 1 unspecified atom stereocenters. The number of carbonyl (C=O) groups is 2. The Labute approximate surface area is 207 Å². The van der Waals surface area contributed by atoms with Crippen molar-refractivity contribution in [2.45, 2.75) is 69.2 Å². The first kappa shape index (κ1) is 27.3. The van der Waals surface area contributed by atoms with E-state index in [4.69, 9.17) is 11.5 Å². The second-order valence-electron chi connectivity index (χ2n) is 9.79. The van der Waals surface area contributed by atoms with E-state index in [0.29, 0.717) is 44.0 Å². The lowest BCUT2D eigenvalue weighted by Gasteiger charge is -2.38. The predicted octanol–water partition coefficient (Wildman–Crippen LogP) is 0.220. The van der Waals surface area contributed by atoms with Crippen molar-refractivity contribution in [3.8, 4) is 0 Å². The van der Waals surface area contributed by atoms with Gasteiger partial charge in [-0.1, -0.05) is 26.0 Å². The zero-order valence-corrected chi connectivity index (χ0v) is 21.2. The Bertz CT molecular complexity index is 1020. The summed E-state index contributed by atoms with van der Waals surface area (Å²) < 4.78 is 29.6. The molecule has 35 heavy (non-hydrogen) atoms. The molecule has 0 aliphatic carbocycles. The second kappa shape index (κ2) is 11.7. The van der Waals surface area contributed by atoms with Crippen molar-refractivity contribution < 1.29 is 23.1 Å². The highest BCUT2D eigenvalue weighted by atomic mass is 32.2. The van der Waals surface area contributed by atoms with E-state index in [9.17, 15) is 23.1 Å². The number of fused-ring (bicyclic) bond motifs is 1. The minimum Gasteiger partial charge on any atom is -0.480 e. The van der Waals surface area contributed by atoms with Gasteiger partial charge in [-0.3, -0.25) is 10.1 Å². The average molecular weight is 511 g/mol. The van der Waals surface area contributed by atoms with Gasteiger partial charge in [0.05, 0.1) is 5.69 Å². The molecule has 0 saturated carbocycles. The summed E-state index contributed by atoms with van der Waals surface area (Å²) in [5, 5.41) is 15.8. The molecular weight excluding hydrogens is 472 g/mol. The van der Waals surface area contributed by atoms with Crippen molar-refractivity contribution >= 4 is 27.6 Å². The van der Waals surface area contributed by atoms with Gasteiger partial charge in [0.25, 0.3) is 0 Å². The number of carboxylic acids is 1. The van der Waals surface area contributed by atoms with Crippen molar-refractivity contribution in [2.75, 3.05) is 25.0 Å². The third kappa shape index (κ3) is 6.91. The van der Waals surface area contributed by atoms with Crippen molar-refractivity contribution in [3.63, 3.8) is 0 Å². The van der Waals surface area contributed by atoms with Crippen LogP contribution in [0.4, 0.5) is 5.69 Å². The summed E-state index contributed by atoms with van der Waals surface area (Å²) in [5.74, 6) is -1.08. The molecule has 2 heterocycles. The number of para-hydroxylation sites is 1. The number of rotatable bonds is 10. The fourth-order valence-corrected chi connectivity index (χ4v) is 6.24. The van der Waals surface area contributed by atoms with Crippen LogP contribution in [0.15, 0.2) is 23.1 Å². The molecule has 2 aliphatic heterocycles. The van der Waals surface area contributed by atoms with E-state index in [1.54, 1.807) is 6.07 Å². The monoisotopic (exact) mass is 510 g/mol. The minimum absolute atomic E-state index is 0.0869. The van der Waals surface area contributed by atoms with E-state index in [1.807, 2.05) is 13.0 Å². The van der Waals surface area contributed by atoms with E-state index < -0.39 is 40.3 Å². The van der Waals surface area contributed by atoms with Gasteiger partial charge in [0.1, 0.15) is 23.3 Å². The first-order chi connectivity index (χ1) is 16.5. The fraction of sp³-hybridized carbons (Fsp3) is 0.652. The molecule has 1 amide bonds. The molecular formula is C23H38N6O5S. The van der Waals surface area contributed by atoms with Gasteiger partial charge in [0.2, 0.25) is 15.9 Å². The summed E-state index contributed by atoms with van der Waals surface area (Å²) in [5.41, 5.74) is 12.5. The van der Waals surface area contributed by atoms with Crippen LogP contribution in [0.2, 0.25) is 0 Å². The van der Waals surface area contributed by atoms with Gasteiger partial charge in [-0.2, -0.15) is 4.72 Å². The number of likely N-dealkylation sites (tertiary alicyclic amines) is 1. The summed E-state index contributed by atoms with van der Waals surface area (Å²) >= 11 is 0. The summed E-state index contributed by atoms with van der Waals surface area (Å²) in [6, 6.07) is 3.01. The largest absolute Gasteiger partial charge is 0.480 e. The zero-order valence-electron chi connectivity index (χ0n) is 20.4. The van der Waals surface area contributed by atoms with Crippen LogP contribution >= 0.6 is 0 Å². The summed E-state index contributed by atoms with van der Waals surface area (Å²) in [6.45, 7) is 5.33. The van der Waals surface area contributed by atoms with Crippen LogP contribution in [0, 0.1) is 11.8 Å². The molecule has 0 bridgehead atoms. The highest BCUT2D eigenvalue weighted by Gasteiger charge is 2.39. The molecule has 0 spiro atoms.